The van der Waals surface area contributed by atoms with E-state index in [-0.39, 0.29) is 19.5 Å². The summed E-state index contributed by atoms with van der Waals surface area (Å²) in [6, 6.07) is 0. The minimum Gasteiger partial charge on any atom is -0.308 e. The average molecular weight is 191 g/mol. The Hall–Kier alpha value is -0.410. The highest BCUT2D eigenvalue weighted by Crippen LogP contribution is 2.47. The van der Waals surface area contributed by atoms with E-state index < -0.39 is 7.60 Å². The topological polar surface area (TPSA) is 61.5 Å². The number of nitrogens with two attached hydrogens (primary N) is 1. The summed E-state index contributed by atoms with van der Waals surface area (Å²) in [5, 5.41) is 0. The zero-order chi connectivity index (χ0) is 9.45. The molecule has 4 nitrogen and oxygen atoms in total. The molecule has 0 amide bonds. The molecule has 0 aromatic heterocycles. The van der Waals surface area contributed by atoms with Crippen LogP contribution in [-0.4, -0.2) is 19.5 Å². The summed E-state index contributed by atoms with van der Waals surface area (Å²) < 4.78 is 21.2. The van der Waals surface area contributed by atoms with E-state index in [1.165, 1.54) is 12.2 Å². The van der Waals surface area contributed by atoms with Crippen molar-refractivity contribution in [3.63, 3.8) is 0 Å². The van der Waals surface area contributed by atoms with Crippen LogP contribution in [0.3, 0.4) is 0 Å². The summed E-state index contributed by atoms with van der Waals surface area (Å²) in [6.07, 6.45) is 3.13. The van der Waals surface area contributed by atoms with Crippen LogP contribution in [0.1, 0.15) is 0 Å². The monoisotopic (exact) mass is 191 g/mol. The maximum atomic E-state index is 11.5. The van der Waals surface area contributed by atoms with Crippen LogP contribution >= 0.6 is 7.60 Å². The third-order valence-electron chi connectivity index (χ3n) is 1.01. The number of hydrogen-bond acceptors (Lipinski definition) is 4. The molecular formula is C7H14NO3P. The molecule has 0 rings (SSSR count). The minimum atomic E-state index is -3.05. The van der Waals surface area contributed by atoms with Crippen LogP contribution in [-0.2, 0) is 13.6 Å². The van der Waals surface area contributed by atoms with Gasteiger partial charge in [-0.1, -0.05) is 12.2 Å². The van der Waals surface area contributed by atoms with Crippen LogP contribution in [0.5, 0.6) is 0 Å². The molecule has 0 aliphatic heterocycles. The SMILES string of the molecule is C=CCOP(=O)(CC=C)OCN. The van der Waals surface area contributed by atoms with E-state index in [1.54, 1.807) is 0 Å². The van der Waals surface area contributed by atoms with Gasteiger partial charge < -0.3 is 10.3 Å². The fourth-order valence-corrected chi connectivity index (χ4v) is 1.74. The summed E-state index contributed by atoms with van der Waals surface area (Å²) in [7, 11) is -3.05. The first-order valence-corrected chi connectivity index (χ1v) is 5.21. The van der Waals surface area contributed by atoms with Gasteiger partial charge in [-0.3, -0.25) is 9.09 Å². The fraction of sp³-hybridized carbons (Fsp3) is 0.429. The van der Waals surface area contributed by atoms with Crippen molar-refractivity contribution in [1.82, 2.24) is 0 Å². The van der Waals surface area contributed by atoms with Gasteiger partial charge in [-0.25, -0.2) is 0 Å². The smallest absolute Gasteiger partial charge is 0.308 e. The zero-order valence-corrected chi connectivity index (χ0v) is 7.83. The van der Waals surface area contributed by atoms with Crippen LogP contribution in [0.4, 0.5) is 0 Å². The van der Waals surface area contributed by atoms with Crippen molar-refractivity contribution < 1.29 is 13.6 Å². The van der Waals surface area contributed by atoms with Crippen LogP contribution in [0.2, 0.25) is 0 Å². The molecule has 0 aromatic carbocycles. The summed E-state index contributed by atoms with van der Waals surface area (Å²) in [5.41, 5.74) is 5.08. The van der Waals surface area contributed by atoms with Crippen LogP contribution in [0.25, 0.3) is 0 Å². The van der Waals surface area contributed by atoms with Gasteiger partial charge in [0.2, 0.25) is 0 Å². The largest absolute Gasteiger partial charge is 0.335 e. The molecule has 0 saturated heterocycles. The van der Waals surface area contributed by atoms with E-state index >= 15 is 0 Å². The van der Waals surface area contributed by atoms with Gasteiger partial charge in [0.1, 0.15) is 6.73 Å². The third kappa shape index (κ3) is 4.46. The van der Waals surface area contributed by atoms with Gasteiger partial charge in [0.25, 0.3) is 0 Å². The molecular weight excluding hydrogens is 177 g/mol. The zero-order valence-electron chi connectivity index (χ0n) is 6.94. The molecule has 0 saturated carbocycles. The Morgan fingerprint density at radius 1 is 1.33 bits per heavy atom. The minimum absolute atomic E-state index is 0.123. The van der Waals surface area contributed by atoms with E-state index in [2.05, 4.69) is 13.2 Å². The van der Waals surface area contributed by atoms with E-state index in [1.807, 2.05) is 0 Å². The Morgan fingerprint density at radius 2 is 2.00 bits per heavy atom. The highest BCUT2D eigenvalue weighted by Gasteiger charge is 2.20. The maximum absolute atomic E-state index is 11.5. The van der Waals surface area contributed by atoms with E-state index in [4.69, 9.17) is 14.8 Å². The van der Waals surface area contributed by atoms with Crippen molar-refractivity contribution in [2.24, 2.45) is 5.73 Å². The lowest BCUT2D eigenvalue weighted by Gasteiger charge is -2.14. The Labute approximate surface area is 72.6 Å². The predicted octanol–water partition coefficient (Wildman–Crippen LogP) is 1.50. The molecule has 0 aliphatic carbocycles. The predicted molar refractivity (Wildman–Crippen MR) is 49.0 cm³/mol. The lowest BCUT2D eigenvalue weighted by Crippen LogP contribution is -2.06. The normalized spacial score (nSPS) is 15.1. The van der Waals surface area contributed by atoms with Gasteiger partial charge >= 0.3 is 7.60 Å². The Kier molecular flexibility index (Phi) is 5.93. The lowest BCUT2D eigenvalue weighted by molar-refractivity contribution is 0.226. The highest BCUT2D eigenvalue weighted by molar-refractivity contribution is 7.54. The highest BCUT2D eigenvalue weighted by atomic mass is 31.2. The van der Waals surface area contributed by atoms with E-state index in [0.29, 0.717) is 0 Å². The van der Waals surface area contributed by atoms with Crippen LogP contribution < -0.4 is 5.73 Å². The fourth-order valence-electron chi connectivity index (χ4n) is 0.581. The second-order valence-electron chi connectivity index (χ2n) is 1.96. The molecule has 12 heavy (non-hydrogen) atoms. The number of allylic oxidation sites excluding steroid dienone is 1. The van der Waals surface area contributed by atoms with Gasteiger partial charge in [0, 0.05) is 0 Å². The Balaban J connectivity index is 4.07. The van der Waals surface area contributed by atoms with Gasteiger partial charge in [0.05, 0.1) is 12.8 Å². The van der Waals surface area contributed by atoms with E-state index in [9.17, 15) is 4.57 Å². The van der Waals surface area contributed by atoms with Gasteiger partial charge in [0.15, 0.2) is 0 Å². The molecule has 1 atom stereocenters. The quantitative estimate of drug-likeness (QED) is 0.376. The first-order valence-electron chi connectivity index (χ1n) is 3.48. The van der Waals surface area contributed by atoms with Crippen molar-refractivity contribution in [2.75, 3.05) is 19.5 Å². The molecule has 0 heterocycles. The second-order valence-corrected chi connectivity index (χ2v) is 4.07. The summed E-state index contributed by atoms with van der Waals surface area (Å²) in [6.45, 7) is 6.93. The maximum Gasteiger partial charge on any atom is 0.335 e. The first kappa shape index (κ1) is 11.6. The van der Waals surface area contributed by atoms with Crippen LogP contribution in [0, 0.1) is 0 Å². The lowest BCUT2D eigenvalue weighted by atomic mass is 10.7. The van der Waals surface area contributed by atoms with Crippen molar-refractivity contribution in [2.45, 2.75) is 0 Å². The molecule has 0 fully saturated rings. The van der Waals surface area contributed by atoms with Gasteiger partial charge in [-0.2, -0.15) is 0 Å². The molecule has 0 spiro atoms. The van der Waals surface area contributed by atoms with Gasteiger partial charge in [-0.15, -0.1) is 13.2 Å². The number of rotatable bonds is 7. The van der Waals surface area contributed by atoms with Crippen molar-refractivity contribution in [3.05, 3.63) is 25.3 Å². The molecule has 0 aromatic rings. The summed E-state index contributed by atoms with van der Waals surface area (Å²) in [4.78, 5) is 0. The van der Waals surface area contributed by atoms with Crippen molar-refractivity contribution in [1.29, 1.82) is 0 Å². The average Bonchev–Trinajstić information content (AvgIpc) is 2.02. The molecule has 0 bridgehead atoms. The molecule has 0 radical (unpaired) electrons. The standard InChI is InChI=1S/C7H14NO3P/c1-3-5-10-12(9,6-4-2)11-7-8/h3-4H,1-2,5-8H2. The number of hydrogen-bond donors (Lipinski definition) is 1. The molecule has 0 aliphatic rings. The van der Waals surface area contributed by atoms with E-state index in [0.717, 1.165) is 0 Å². The van der Waals surface area contributed by atoms with Crippen molar-refractivity contribution >= 4 is 7.60 Å². The molecule has 5 heteroatoms. The summed E-state index contributed by atoms with van der Waals surface area (Å²) >= 11 is 0. The second kappa shape index (κ2) is 6.14. The third-order valence-corrected chi connectivity index (χ3v) is 2.80. The molecule has 1 unspecified atom stereocenters. The summed E-state index contributed by atoms with van der Waals surface area (Å²) in [5.74, 6) is 0. The first-order chi connectivity index (χ1) is 5.68. The Bertz CT molecular complexity index is 193. The van der Waals surface area contributed by atoms with Crippen LogP contribution in [0.15, 0.2) is 25.3 Å². The molecule has 70 valence electrons. The van der Waals surface area contributed by atoms with Gasteiger partial charge in [-0.05, 0) is 0 Å². The Morgan fingerprint density at radius 3 is 2.42 bits per heavy atom. The molecule has 2 N–H and O–H groups in total. The van der Waals surface area contributed by atoms with Crippen molar-refractivity contribution in [3.8, 4) is 0 Å².